The van der Waals surface area contributed by atoms with Crippen molar-refractivity contribution in [3.05, 3.63) is 52.5 Å². The molecule has 2 aromatic rings. The molecule has 0 saturated heterocycles. The number of amides is 2. The van der Waals surface area contributed by atoms with E-state index in [0.29, 0.717) is 11.5 Å². The Bertz CT molecular complexity index is 715. The highest BCUT2D eigenvalue weighted by Gasteiger charge is 2.24. The molecule has 5 nitrogen and oxygen atoms in total. The smallest absolute Gasteiger partial charge is 0.319 e. The fourth-order valence-corrected chi connectivity index (χ4v) is 2.54. The highest BCUT2D eigenvalue weighted by molar-refractivity contribution is 9.10. The van der Waals surface area contributed by atoms with Gasteiger partial charge in [0.25, 0.3) is 0 Å². The average molecular weight is 393 g/mol. The summed E-state index contributed by atoms with van der Waals surface area (Å²) in [5, 5.41) is 5.79. The van der Waals surface area contributed by atoms with Crippen LogP contribution < -0.4 is 20.1 Å². The quantitative estimate of drug-likeness (QED) is 0.785. The molecule has 0 aromatic heterocycles. The molecular formula is C18H21BrN2O3. The molecule has 2 rings (SSSR count). The van der Waals surface area contributed by atoms with Crippen molar-refractivity contribution in [2.24, 2.45) is 0 Å². The fraction of sp³-hybridized carbons (Fsp3) is 0.278. The molecule has 0 heterocycles. The second-order valence-corrected chi connectivity index (χ2v) is 6.70. The van der Waals surface area contributed by atoms with Crippen molar-refractivity contribution in [3.63, 3.8) is 0 Å². The van der Waals surface area contributed by atoms with Crippen molar-refractivity contribution in [2.75, 3.05) is 19.5 Å². The summed E-state index contributed by atoms with van der Waals surface area (Å²) < 4.78 is 11.5. The first-order chi connectivity index (χ1) is 11.4. The van der Waals surface area contributed by atoms with Crippen molar-refractivity contribution in [1.82, 2.24) is 5.32 Å². The lowest BCUT2D eigenvalue weighted by atomic mass is 9.94. The maximum Gasteiger partial charge on any atom is 0.319 e. The number of carbonyl (C=O) groups is 1. The zero-order chi connectivity index (χ0) is 17.7. The number of anilines is 1. The monoisotopic (exact) mass is 392 g/mol. The van der Waals surface area contributed by atoms with Crippen LogP contribution in [-0.2, 0) is 5.54 Å². The Kier molecular flexibility index (Phi) is 5.72. The molecule has 0 unspecified atom stereocenters. The first kappa shape index (κ1) is 18.1. The minimum atomic E-state index is -0.584. The molecule has 0 fully saturated rings. The number of hydrogen-bond acceptors (Lipinski definition) is 3. The third-order valence-corrected chi connectivity index (χ3v) is 4.16. The number of benzene rings is 2. The molecule has 0 bridgehead atoms. The number of urea groups is 1. The van der Waals surface area contributed by atoms with Gasteiger partial charge in [0, 0.05) is 10.2 Å². The lowest BCUT2D eigenvalue weighted by Gasteiger charge is -2.27. The lowest BCUT2D eigenvalue weighted by Crippen LogP contribution is -2.43. The molecule has 0 aliphatic heterocycles. The fourth-order valence-electron chi connectivity index (χ4n) is 2.28. The molecule has 0 spiro atoms. The van der Waals surface area contributed by atoms with Gasteiger partial charge in [-0.05, 0) is 55.8 Å². The van der Waals surface area contributed by atoms with Crippen molar-refractivity contribution in [2.45, 2.75) is 19.4 Å². The van der Waals surface area contributed by atoms with E-state index < -0.39 is 5.54 Å². The van der Waals surface area contributed by atoms with Crippen LogP contribution in [0.4, 0.5) is 10.5 Å². The highest BCUT2D eigenvalue weighted by Crippen LogP contribution is 2.32. The molecule has 0 aliphatic carbocycles. The largest absolute Gasteiger partial charge is 0.493 e. The van der Waals surface area contributed by atoms with Crippen LogP contribution >= 0.6 is 15.9 Å². The predicted molar refractivity (Wildman–Crippen MR) is 98.9 cm³/mol. The first-order valence-electron chi connectivity index (χ1n) is 7.43. The van der Waals surface area contributed by atoms with Crippen LogP contribution in [0.5, 0.6) is 11.5 Å². The molecule has 0 radical (unpaired) electrons. The molecule has 6 heteroatoms. The van der Waals surface area contributed by atoms with Crippen molar-refractivity contribution < 1.29 is 14.3 Å². The number of nitrogens with one attached hydrogen (secondary N) is 2. The van der Waals surface area contributed by atoms with E-state index in [-0.39, 0.29) is 6.03 Å². The first-order valence-corrected chi connectivity index (χ1v) is 8.22. The van der Waals surface area contributed by atoms with Gasteiger partial charge in [0.05, 0.1) is 19.8 Å². The van der Waals surface area contributed by atoms with E-state index in [9.17, 15) is 4.79 Å². The van der Waals surface area contributed by atoms with Gasteiger partial charge in [-0.3, -0.25) is 0 Å². The standard InChI is InChI=1S/C18H21BrN2O3/c1-18(2,12-5-10-15(23-3)16(11-12)24-4)21-17(22)20-14-8-6-13(19)7-9-14/h5-11H,1-4H3,(H2,20,21,22). The van der Waals surface area contributed by atoms with E-state index in [4.69, 9.17) is 9.47 Å². The van der Waals surface area contributed by atoms with Gasteiger partial charge in [-0.15, -0.1) is 0 Å². The lowest BCUT2D eigenvalue weighted by molar-refractivity contribution is 0.241. The number of ether oxygens (including phenoxy) is 2. The molecule has 2 aromatic carbocycles. The van der Waals surface area contributed by atoms with Crippen molar-refractivity contribution in [3.8, 4) is 11.5 Å². The van der Waals surface area contributed by atoms with Crippen LogP contribution in [0, 0.1) is 0 Å². The average Bonchev–Trinajstić information content (AvgIpc) is 2.55. The summed E-state index contributed by atoms with van der Waals surface area (Å²) in [6.45, 7) is 3.85. The Balaban J connectivity index is 2.12. The van der Waals surface area contributed by atoms with Crippen LogP contribution in [0.3, 0.4) is 0 Å². The van der Waals surface area contributed by atoms with Crippen LogP contribution in [0.25, 0.3) is 0 Å². The summed E-state index contributed by atoms with van der Waals surface area (Å²) in [5.74, 6) is 1.27. The molecule has 2 N–H and O–H groups in total. The number of halogens is 1. The number of methoxy groups -OCH3 is 2. The van der Waals surface area contributed by atoms with E-state index in [2.05, 4.69) is 26.6 Å². The topological polar surface area (TPSA) is 59.6 Å². The van der Waals surface area contributed by atoms with Crippen LogP contribution in [0.2, 0.25) is 0 Å². The normalized spacial score (nSPS) is 10.9. The van der Waals surface area contributed by atoms with Crippen LogP contribution in [0.1, 0.15) is 19.4 Å². The molecule has 0 aliphatic rings. The van der Waals surface area contributed by atoms with E-state index in [1.807, 2.05) is 56.3 Å². The van der Waals surface area contributed by atoms with Crippen molar-refractivity contribution >= 4 is 27.6 Å². The highest BCUT2D eigenvalue weighted by atomic mass is 79.9. The molecule has 128 valence electrons. The molecule has 0 saturated carbocycles. The molecule has 2 amide bonds. The second-order valence-electron chi connectivity index (χ2n) is 5.78. The Morgan fingerprint density at radius 3 is 2.21 bits per heavy atom. The van der Waals surface area contributed by atoms with Gasteiger partial charge in [-0.25, -0.2) is 4.79 Å². The Morgan fingerprint density at radius 2 is 1.62 bits per heavy atom. The Morgan fingerprint density at radius 1 is 1.00 bits per heavy atom. The third-order valence-electron chi connectivity index (χ3n) is 3.63. The number of carbonyl (C=O) groups excluding carboxylic acids is 1. The van der Waals surface area contributed by atoms with Gasteiger partial charge < -0.3 is 20.1 Å². The minimum Gasteiger partial charge on any atom is -0.493 e. The Hall–Kier alpha value is -2.21. The Labute approximate surface area is 150 Å². The van der Waals surface area contributed by atoms with E-state index in [0.717, 1.165) is 15.7 Å². The zero-order valence-electron chi connectivity index (χ0n) is 14.1. The summed E-state index contributed by atoms with van der Waals surface area (Å²) in [5.41, 5.74) is 1.05. The molecule has 0 atom stereocenters. The summed E-state index contributed by atoms with van der Waals surface area (Å²) in [6.07, 6.45) is 0. The summed E-state index contributed by atoms with van der Waals surface area (Å²) >= 11 is 3.37. The van der Waals surface area contributed by atoms with Gasteiger partial charge in [-0.2, -0.15) is 0 Å². The van der Waals surface area contributed by atoms with Gasteiger partial charge in [0.1, 0.15) is 0 Å². The van der Waals surface area contributed by atoms with E-state index in [1.165, 1.54) is 0 Å². The molecule has 24 heavy (non-hydrogen) atoms. The second kappa shape index (κ2) is 7.57. The number of rotatable bonds is 5. The van der Waals surface area contributed by atoms with E-state index >= 15 is 0 Å². The van der Waals surface area contributed by atoms with Gasteiger partial charge >= 0.3 is 6.03 Å². The summed E-state index contributed by atoms with van der Waals surface area (Å²) in [6, 6.07) is 12.7. The summed E-state index contributed by atoms with van der Waals surface area (Å²) in [7, 11) is 3.18. The van der Waals surface area contributed by atoms with Gasteiger partial charge in [0.15, 0.2) is 11.5 Å². The maximum absolute atomic E-state index is 12.3. The van der Waals surface area contributed by atoms with Crippen molar-refractivity contribution in [1.29, 1.82) is 0 Å². The SMILES string of the molecule is COc1ccc(C(C)(C)NC(=O)Nc2ccc(Br)cc2)cc1OC. The van der Waals surface area contributed by atoms with Crippen LogP contribution in [-0.4, -0.2) is 20.3 Å². The summed E-state index contributed by atoms with van der Waals surface area (Å²) in [4.78, 5) is 12.3. The zero-order valence-corrected chi connectivity index (χ0v) is 15.7. The van der Waals surface area contributed by atoms with Crippen LogP contribution in [0.15, 0.2) is 46.9 Å². The van der Waals surface area contributed by atoms with Gasteiger partial charge in [0.2, 0.25) is 0 Å². The maximum atomic E-state index is 12.3. The minimum absolute atomic E-state index is 0.280. The van der Waals surface area contributed by atoms with E-state index in [1.54, 1.807) is 14.2 Å². The third kappa shape index (κ3) is 4.41. The number of hydrogen-bond donors (Lipinski definition) is 2. The predicted octanol–water partition coefficient (Wildman–Crippen LogP) is 4.52. The van der Waals surface area contributed by atoms with Gasteiger partial charge in [-0.1, -0.05) is 22.0 Å². The molecular weight excluding hydrogens is 372 g/mol.